The molecular formula is C24H24N2O2. The van der Waals surface area contributed by atoms with Crippen molar-refractivity contribution in [2.45, 2.75) is 25.7 Å². The number of Topliss-reactive ketones (excluding diaryl/α,β-unsaturated/α-hetero) is 1. The highest BCUT2D eigenvalue weighted by Crippen LogP contribution is 2.47. The summed E-state index contributed by atoms with van der Waals surface area (Å²) in [6.07, 6.45) is 5.11. The number of carbonyl (C=O) groups excluding carboxylic acids is 2. The Morgan fingerprint density at radius 3 is 2.50 bits per heavy atom. The van der Waals surface area contributed by atoms with Gasteiger partial charge in [0, 0.05) is 17.4 Å². The summed E-state index contributed by atoms with van der Waals surface area (Å²) in [5, 5.41) is 3.73. The average Bonchev–Trinajstić information content (AvgIpc) is 3.45. The SMILES string of the molecule is O=C(NC[C@@H]1C[C@H]2CC[C@H]1C2)C(=O)c1c(-c2ccccc2)[nH]c2ccccc12. The van der Waals surface area contributed by atoms with Crippen LogP contribution in [0, 0.1) is 17.8 Å². The van der Waals surface area contributed by atoms with Crippen molar-refractivity contribution in [3.05, 3.63) is 60.2 Å². The minimum atomic E-state index is -0.496. The molecule has 28 heavy (non-hydrogen) atoms. The lowest BCUT2D eigenvalue weighted by atomic mass is 9.89. The minimum absolute atomic E-state index is 0.459. The van der Waals surface area contributed by atoms with Crippen molar-refractivity contribution >= 4 is 22.6 Å². The Morgan fingerprint density at radius 2 is 1.75 bits per heavy atom. The number of benzene rings is 2. The van der Waals surface area contributed by atoms with Crippen LogP contribution in [0.5, 0.6) is 0 Å². The Morgan fingerprint density at radius 1 is 0.964 bits per heavy atom. The molecule has 1 aromatic heterocycles. The maximum atomic E-state index is 13.1. The summed E-state index contributed by atoms with van der Waals surface area (Å²) in [5.74, 6) is 1.14. The van der Waals surface area contributed by atoms with E-state index in [0.717, 1.165) is 28.3 Å². The Kier molecular flexibility index (Phi) is 4.27. The number of para-hydroxylation sites is 1. The first kappa shape index (κ1) is 17.2. The number of hydrogen-bond acceptors (Lipinski definition) is 2. The number of fused-ring (bicyclic) bond motifs is 3. The largest absolute Gasteiger partial charge is 0.354 e. The lowest BCUT2D eigenvalue weighted by molar-refractivity contribution is -0.117. The zero-order valence-corrected chi connectivity index (χ0v) is 15.8. The molecule has 1 amide bonds. The Hall–Kier alpha value is -2.88. The third kappa shape index (κ3) is 2.93. The van der Waals surface area contributed by atoms with E-state index in [-0.39, 0.29) is 0 Å². The summed E-state index contributed by atoms with van der Waals surface area (Å²) < 4.78 is 0. The van der Waals surface area contributed by atoms with Gasteiger partial charge in [-0.05, 0) is 48.6 Å². The highest BCUT2D eigenvalue weighted by atomic mass is 16.2. The van der Waals surface area contributed by atoms with E-state index >= 15 is 0 Å². The molecule has 4 nitrogen and oxygen atoms in total. The fourth-order valence-electron chi connectivity index (χ4n) is 5.24. The predicted octanol–water partition coefficient (Wildman–Crippen LogP) is 4.57. The van der Waals surface area contributed by atoms with Gasteiger partial charge in [-0.2, -0.15) is 0 Å². The van der Waals surface area contributed by atoms with E-state index in [1.807, 2.05) is 54.6 Å². The van der Waals surface area contributed by atoms with Gasteiger partial charge in [0.15, 0.2) is 0 Å². The lowest BCUT2D eigenvalue weighted by Gasteiger charge is -2.21. The number of aromatic amines is 1. The smallest absolute Gasteiger partial charge is 0.292 e. The molecule has 2 bridgehead atoms. The first-order valence-corrected chi connectivity index (χ1v) is 10.2. The van der Waals surface area contributed by atoms with Crippen molar-refractivity contribution in [1.29, 1.82) is 0 Å². The van der Waals surface area contributed by atoms with E-state index in [4.69, 9.17) is 0 Å². The summed E-state index contributed by atoms with van der Waals surface area (Å²) in [6, 6.07) is 17.4. The van der Waals surface area contributed by atoms with Crippen LogP contribution in [-0.4, -0.2) is 23.2 Å². The van der Waals surface area contributed by atoms with Crippen molar-refractivity contribution in [1.82, 2.24) is 10.3 Å². The summed E-state index contributed by atoms with van der Waals surface area (Å²) in [5.41, 5.74) is 2.95. The Balaban J connectivity index is 1.42. The third-order valence-corrected chi connectivity index (χ3v) is 6.61. The van der Waals surface area contributed by atoms with Gasteiger partial charge in [-0.15, -0.1) is 0 Å². The summed E-state index contributed by atoms with van der Waals surface area (Å²) in [6.45, 7) is 0.620. The average molecular weight is 372 g/mol. The fraction of sp³-hybridized carbons (Fsp3) is 0.333. The molecule has 5 rings (SSSR count). The standard InChI is InChI=1S/C24H24N2O2/c27-23(24(28)25-14-18-13-15-10-11-17(18)12-15)21-19-8-4-5-9-20(19)26-22(21)16-6-2-1-3-7-16/h1-9,15,17-18,26H,10-14H2,(H,25,28)/t15-,17-,18-/m0/s1. The van der Waals surface area contributed by atoms with Crippen LogP contribution in [-0.2, 0) is 4.79 Å². The number of H-pyrrole nitrogens is 1. The summed E-state index contributed by atoms with van der Waals surface area (Å²) in [4.78, 5) is 29.2. The van der Waals surface area contributed by atoms with Crippen LogP contribution in [0.4, 0.5) is 0 Å². The highest BCUT2D eigenvalue weighted by molar-refractivity contribution is 6.46. The molecule has 3 atom stereocenters. The second-order valence-corrected chi connectivity index (χ2v) is 8.26. The van der Waals surface area contributed by atoms with Crippen molar-refractivity contribution in [3.8, 4) is 11.3 Å². The van der Waals surface area contributed by atoms with E-state index in [1.165, 1.54) is 25.7 Å². The van der Waals surface area contributed by atoms with Crippen LogP contribution >= 0.6 is 0 Å². The van der Waals surface area contributed by atoms with E-state index in [1.54, 1.807) is 0 Å². The maximum absolute atomic E-state index is 13.1. The fourth-order valence-corrected chi connectivity index (χ4v) is 5.24. The van der Waals surface area contributed by atoms with Gasteiger partial charge in [0.05, 0.1) is 11.3 Å². The number of amides is 1. The third-order valence-electron chi connectivity index (χ3n) is 6.61. The molecule has 0 saturated heterocycles. The number of carbonyl (C=O) groups is 2. The Bertz CT molecular complexity index is 1040. The molecule has 2 saturated carbocycles. The van der Waals surface area contributed by atoms with Gasteiger partial charge in [-0.1, -0.05) is 55.0 Å². The number of ketones is 1. The Labute approximate surface area is 164 Å². The molecule has 2 aliphatic rings. The van der Waals surface area contributed by atoms with Crippen LogP contribution < -0.4 is 5.32 Å². The van der Waals surface area contributed by atoms with Crippen LogP contribution in [0.3, 0.4) is 0 Å². The second-order valence-electron chi connectivity index (χ2n) is 8.26. The van der Waals surface area contributed by atoms with E-state index in [9.17, 15) is 9.59 Å². The molecule has 1 heterocycles. The molecular weight excluding hydrogens is 348 g/mol. The van der Waals surface area contributed by atoms with Crippen molar-refractivity contribution < 1.29 is 9.59 Å². The van der Waals surface area contributed by atoms with Gasteiger partial charge in [-0.25, -0.2) is 0 Å². The number of rotatable bonds is 5. The second kappa shape index (κ2) is 6.93. The van der Waals surface area contributed by atoms with Crippen LogP contribution in [0.15, 0.2) is 54.6 Å². The zero-order chi connectivity index (χ0) is 19.1. The van der Waals surface area contributed by atoms with Gasteiger partial charge in [0.2, 0.25) is 0 Å². The molecule has 0 unspecified atom stereocenters. The molecule has 0 radical (unpaired) electrons. The molecule has 3 aromatic rings. The van der Waals surface area contributed by atoms with E-state index in [2.05, 4.69) is 10.3 Å². The quantitative estimate of drug-likeness (QED) is 0.509. The van der Waals surface area contributed by atoms with Crippen molar-refractivity contribution in [2.75, 3.05) is 6.54 Å². The van der Waals surface area contributed by atoms with Gasteiger partial charge >= 0.3 is 0 Å². The molecule has 2 N–H and O–H groups in total. The predicted molar refractivity (Wildman–Crippen MR) is 110 cm³/mol. The number of aromatic nitrogens is 1. The van der Waals surface area contributed by atoms with Crippen LogP contribution in [0.25, 0.3) is 22.2 Å². The zero-order valence-electron chi connectivity index (χ0n) is 15.8. The summed E-state index contributed by atoms with van der Waals surface area (Å²) >= 11 is 0. The van der Waals surface area contributed by atoms with Crippen LogP contribution in [0.1, 0.15) is 36.0 Å². The first-order valence-electron chi connectivity index (χ1n) is 10.2. The first-order chi connectivity index (χ1) is 13.7. The normalized spacial score (nSPS) is 23.2. The molecule has 4 heteroatoms. The van der Waals surface area contributed by atoms with E-state index in [0.29, 0.717) is 23.7 Å². The topological polar surface area (TPSA) is 62.0 Å². The molecule has 2 fully saturated rings. The van der Waals surface area contributed by atoms with Crippen molar-refractivity contribution in [2.24, 2.45) is 17.8 Å². The minimum Gasteiger partial charge on any atom is -0.354 e. The van der Waals surface area contributed by atoms with Gasteiger partial charge in [0.25, 0.3) is 11.7 Å². The van der Waals surface area contributed by atoms with E-state index < -0.39 is 11.7 Å². The van der Waals surface area contributed by atoms with Crippen molar-refractivity contribution in [3.63, 3.8) is 0 Å². The van der Waals surface area contributed by atoms with Gasteiger partial charge < -0.3 is 10.3 Å². The van der Waals surface area contributed by atoms with Crippen LogP contribution in [0.2, 0.25) is 0 Å². The number of hydrogen-bond donors (Lipinski definition) is 2. The molecule has 2 aliphatic carbocycles. The maximum Gasteiger partial charge on any atom is 0.292 e. The molecule has 2 aromatic carbocycles. The molecule has 0 aliphatic heterocycles. The number of nitrogens with one attached hydrogen (secondary N) is 2. The molecule has 142 valence electrons. The molecule has 0 spiro atoms. The van der Waals surface area contributed by atoms with Gasteiger partial charge in [-0.3, -0.25) is 9.59 Å². The monoisotopic (exact) mass is 372 g/mol. The lowest BCUT2D eigenvalue weighted by Crippen LogP contribution is -2.36. The highest BCUT2D eigenvalue weighted by Gasteiger charge is 2.39. The summed E-state index contributed by atoms with van der Waals surface area (Å²) in [7, 11) is 0. The van der Waals surface area contributed by atoms with Gasteiger partial charge in [0.1, 0.15) is 0 Å².